The van der Waals surface area contributed by atoms with E-state index >= 15 is 0 Å². The minimum atomic E-state index is -0.537. The van der Waals surface area contributed by atoms with Gasteiger partial charge in [0, 0.05) is 0 Å². The number of rotatable bonds is 3. The number of anilines is 1. The second kappa shape index (κ2) is 5.08. The van der Waals surface area contributed by atoms with Gasteiger partial charge in [-0.3, -0.25) is 0 Å². The Labute approximate surface area is 102 Å². The van der Waals surface area contributed by atoms with E-state index in [0.29, 0.717) is 23.6 Å². The van der Waals surface area contributed by atoms with Crippen LogP contribution in [0.5, 0.6) is 5.75 Å². The summed E-state index contributed by atoms with van der Waals surface area (Å²) in [6.07, 6.45) is 0. The van der Waals surface area contributed by atoms with Crippen molar-refractivity contribution in [2.24, 2.45) is 0 Å². The molecule has 2 N–H and O–H groups in total. The summed E-state index contributed by atoms with van der Waals surface area (Å²) < 4.78 is 10.7. The molecule has 1 rings (SSSR count). The third-order valence-electron chi connectivity index (χ3n) is 1.95. The van der Waals surface area contributed by atoms with E-state index in [4.69, 9.17) is 15.2 Å². The van der Waals surface area contributed by atoms with Crippen molar-refractivity contribution in [1.82, 2.24) is 0 Å². The van der Waals surface area contributed by atoms with Crippen LogP contribution in [0, 0.1) is 0 Å². The van der Waals surface area contributed by atoms with Crippen molar-refractivity contribution in [3.63, 3.8) is 0 Å². The smallest absolute Gasteiger partial charge is 0.342 e. The molecule has 0 aromatic heterocycles. The Kier molecular flexibility index (Phi) is 3.99. The molecule has 1 aromatic rings. The molecule has 0 saturated heterocycles. The highest BCUT2D eigenvalue weighted by Crippen LogP contribution is 2.28. The Bertz CT molecular complexity index is 408. The Morgan fingerprint density at radius 3 is 2.53 bits per heavy atom. The summed E-state index contributed by atoms with van der Waals surface area (Å²) in [7, 11) is 0. The first-order valence-corrected chi connectivity index (χ1v) is 5.59. The predicted octanol–water partition coefficient (Wildman–Crippen LogP) is 2.62. The van der Waals surface area contributed by atoms with E-state index in [0.717, 1.165) is 0 Å². The highest BCUT2D eigenvalue weighted by molar-refractivity contribution is 5.94. The molecule has 0 aliphatic heterocycles. The summed E-state index contributed by atoms with van der Waals surface area (Å²) in [5.41, 5.74) is 6.04. The third kappa shape index (κ3) is 3.66. The van der Waals surface area contributed by atoms with Crippen molar-refractivity contribution in [3.8, 4) is 5.75 Å². The summed E-state index contributed by atoms with van der Waals surface area (Å²) >= 11 is 0. The van der Waals surface area contributed by atoms with Gasteiger partial charge in [0.1, 0.15) is 11.2 Å². The largest absolute Gasteiger partial charge is 0.491 e. The molecule has 0 saturated carbocycles. The fourth-order valence-corrected chi connectivity index (χ4v) is 1.35. The van der Waals surface area contributed by atoms with Gasteiger partial charge in [0.15, 0.2) is 5.75 Å². The maximum atomic E-state index is 12.0. The molecule has 1 aromatic carbocycles. The molecule has 0 aliphatic rings. The Balaban J connectivity index is 3.04. The standard InChI is InChI=1S/C13H19NO3/c1-5-16-11-9(7-6-8-10(11)14)12(15)17-13(2,3)4/h6-8H,5,14H2,1-4H3. The molecule has 0 amide bonds. The van der Waals surface area contributed by atoms with Gasteiger partial charge in [0.2, 0.25) is 0 Å². The summed E-state index contributed by atoms with van der Waals surface area (Å²) in [5.74, 6) is -0.0301. The Morgan fingerprint density at radius 1 is 1.35 bits per heavy atom. The molecule has 0 fully saturated rings. The van der Waals surface area contributed by atoms with E-state index in [1.165, 1.54) is 0 Å². The fraction of sp³-hybridized carbons (Fsp3) is 0.462. The number of para-hydroxylation sites is 1. The fourth-order valence-electron chi connectivity index (χ4n) is 1.35. The van der Waals surface area contributed by atoms with Crippen LogP contribution in [0.25, 0.3) is 0 Å². The number of hydrogen-bond acceptors (Lipinski definition) is 4. The molecule has 94 valence electrons. The number of benzene rings is 1. The summed E-state index contributed by atoms with van der Waals surface area (Å²) in [6, 6.07) is 5.05. The number of carbonyl (C=O) groups is 1. The van der Waals surface area contributed by atoms with Gasteiger partial charge in [-0.25, -0.2) is 4.79 Å². The van der Waals surface area contributed by atoms with Gasteiger partial charge in [-0.1, -0.05) is 6.07 Å². The summed E-state index contributed by atoms with van der Waals surface area (Å²) in [4.78, 5) is 12.0. The van der Waals surface area contributed by atoms with Crippen LogP contribution in [0.15, 0.2) is 18.2 Å². The topological polar surface area (TPSA) is 61.5 Å². The van der Waals surface area contributed by atoms with Gasteiger partial charge in [-0.2, -0.15) is 0 Å². The zero-order valence-corrected chi connectivity index (χ0v) is 10.7. The lowest BCUT2D eigenvalue weighted by Crippen LogP contribution is -2.24. The van der Waals surface area contributed by atoms with Crippen molar-refractivity contribution in [2.75, 3.05) is 12.3 Å². The second-order valence-electron chi connectivity index (χ2n) is 4.66. The number of carbonyl (C=O) groups excluding carboxylic acids is 1. The molecule has 0 spiro atoms. The lowest BCUT2D eigenvalue weighted by Gasteiger charge is -2.20. The molecule has 0 unspecified atom stereocenters. The maximum Gasteiger partial charge on any atom is 0.342 e. The molecule has 0 atom stereocenters. The van der Waals surface area contributed by atoms with Crippen LogP contribution in [-0.4, -0.2) is 18.2 Å². The van der Waals surface area contributed by atoms with E-state index in [-0.39, 0.29) is 0 Å². The van der Waals surface area contributed by atoms with Crippen LogP contribution < -0.4 is 10.5 Å². The molecule has 17 heavy (non-hydrogen) atoms. The Morgan fingerprint density at radius 2 is 2.00 bits per heavy atom. The molecule has 0 bridgehead atoms. The first kappa shape index (κ1) is 13.4. The third-order valence-corrected chi connectivity index (χ3v) is 1.95. The van der Waals surface area contributed by atoms with Crippen LogP contribution in [0.1, 0.15) is 38.1 Å². The van der Waals surface area contributed by atoms with Crippen LogP contribution in [-0.2, 0) is 4.74 Å². The number of nitrogen functional groups attached to an aromatic ring is 1. The van der Waals surface area contributed by atoms with E-state index in [2.05, 4.69) is 0 Å². The van der Waals surface area contributed by atoms with Crippen molar-refractivity contribution >= 4 is 11.7 Å². The molecule has 0 heterocycles. The van der Waals surface area contributed by atoms with Crippen molar-refractivity contribution in [3.05, 3.63) is 23.8 Å². The Hall–Kier alpha value is -1.71. The van der Waals surface area contributed by atoms with Crippen LogP contribution in [0.2, 0.25) is 0 Å². The van der Waals surface area contributed by atoms with Crippen molar-refractivity contribution in [2.45, 2.75) is 33.3 Å². The van der Waals surface area contributed by atoms with Gasteiger partial charge < -0.3 is 15.2 Å². The molecular formula is C13H19NO3. The monoisotopic (exact) mass is 237 g/mol. The SMILES string of the molecule is CCOc1c(N)cccc1C(=O)OC(C)(C)C. The molecule has 0 aliphatic carbocycles. The minimum absolute atomic E-state index is 0.363. The van der Waals surface area contributed by atoms with Gasteiger partial charge in [0.25, 0.3) is 0 Å². The maximum absolute atomic E-state index is 12.0. The van der Waals surface area contributed by atoms with Crippen molar-refractivity contribution < 1.29 is 14.3 Å². The lowest BCUT2D eigenvalue weighted by molar-refractivity contribution is 0.00661. The summed E-state index contributed by atoms with van der Waals surface area (Å²) in [5, 5.41) is 0. The van der Waals surface area contributed by atoms with Gasteiger partial charge in [0.05, 0.1) is 12.3 Å². The predicted molar refractivity (Wildman–Crippen MR) is 67.2 cm³/mol. The number of hydrogen-bond donors (Lipinski definition) is 1. The van der Waals surface area contributed by atoms with Gasteiger partial charge in [-0.15, -0.1) is 0 Å². The van der Waals surface area contributed by atoms with E-state index < -0.39 is 11.6 Å². The number of esters is 1. The van der Waals surface area contributed by atoms with Crippen LogP contribution in [0.3, 0.4) is 0 Å². The molecule has 0 radical (unpaired) electrons. The van der Waals surface area contributed by atoms with E-state index in [1.807, 2.05) is 27.7 Å². The van der Waals surface area contributed by atoms with E-state index in [9.17, 15) is 4.79 Å². The number of nitrogens with two attached hydrogens (primary N) is 1. The van der Waals surface area contributed by atoms with Crippen molar-refractivity contribution in [1.29, 1.82) is 0 Å². The normalized spacial score (nSPS) is 11.1. The second-order valence-corrected chi connectivity index (χ2v) is 4.66. The van der Waals surface area contributed by atoms with Crippen LogP contribution >= 0.6 is 0 Å². The average Bonchev–Trinajstić information content (AvgIpc) is 2.18. The zero-order valence-electron chi connectivity index (χ0n) is 10.7. The summed E-state index contributed by atoms with van der Waals surface area (Å²) in [6.45, 7) is 7.74. The minimum Gasteiger partial charge on any atom is -0.491 e. The first-order valence-electron chi connectivity index (χ1n) is 5.59. The molecular weight excluding hydrogens is 218 g/mol. The van der Waals surface area contributed by atoms with E-state index in [1.54, 1.807) is 18.2 Å². The molecule has 4 heteroatoms. The average molecular weight is 237 g/mol. The zero-order chi connectivity index (χ0) is 13.1. The first-order chi connectivity index (χ1) is 7.85. The quantitative estimate of drug-likeness (QED) is 0.648. The van der Waals surface area contributed by atoms with Crippen LogP contribution in [0.4, 0.5) is 5.69 Å². The highest BCUT2D eigenvalue weighted by Gasteiger charge is 2.21. The van der Waals surface area contributed by atoms with Gasteiger partial charge in [-0.05, 0) is 39.8 Å². The molecule has 4 nitrogen and oxygen atoms in total. The lowest BCUT2D eigenvalue weighted by atomic mass is 10.1. The highest BCUT2D eigenvalue weighted by atomic mass is 16.6. The van der Waals surface area contributed by atoms with Gasteiger partial charge >= 0.3 is 5.97 Å². The number of ether oxygens (including phenoxy) is 2.